The van der Waals surface area contributed by atoms with E-state index in [1.807, 2.05) is 0 Å². The van der Waals surface area contributed by atoms with Gasteiger partial charge >= 0.3 is 0 Å². The maximum Gasteiger partial charge on any atom is 0.267 e. The molecule has 6 heteroatoms. The zero-order valence-electron chi connectivity index (χ0n) is 5.07. The molecule has 0 aliphatic carbocycles. The minimum Gasteiger partial charge on any atom is -0.756 e. The minimum absolute atomic E-state index is 0. The Hall–Kier alpha value is 0.0700. The van der Waals surface area contributed by atoms with E-state index in [9.17, 15) is 9.46 Å². The summed E-state index contributed by atoms with van der Waals surface area (Å²) in [7, 11) is -2.99. The van der Waals surface area contributed by atoms with E-state index < -0.39 is 7.82 Å². The van der Waals surface area contributed by atoms with Gasteiger partial charge in [0.25, 0.3) is 7.82 Å². The number of nitrogens with two attached hydrogens (primary N) is 1. The van der Waals surface area contributed by atoms with Gasteiger partial charge in [0.15, 0.2) is 0 Å². The molecular weight excluding hydrogens is 157 g/mol. The van der Waals surface area contributed by atoms with Gasteiger partial charge in [-0.15, -0.1) is 0 Å². The maximum atomic E-state index is 10.3. The lowest BCUT2D eigenvalue weighted by atomic mass is 10.8. The van der Waals surface area contributed by atoms with Gasteiger partial charge in [-0.3, -0.25) is 4.57 Å². The van der Waals surface area contributed by atoms with Crippen molar-refractivity contribution in [1.82, 2.24) is 0 Å². The van der Waals surface area contributed by atoms with E-state index in [4.69, 9.17) is 5.73 Å². The summed E-state index contributed by atoms with van der Waals surface area (Å²) in [5.74, 6) is 0. The lowest BCUT2D eigenvalue weighted by Crippen LogP contribution is -2.12. The summed E-state index contributed by atoms with van der Waals surface area (Å²) in [6, 6.07) is 0. The van der Waals surface area contributed by atoms with Crippen molar-refractivity contribution >= 4 is 7.82 Å². The zero-order valence-corrected chi connectivity index (χ0v) is 5.97. The van der Waals surface area contributed by atoms with Crippen LogP contribution in [0.25, 0.3) is 0 Å². The average Bonchev–Trinajstić information content (AvgIpc) is 1.84. The molecule has 0 heterocycles. The molecule has 0 aromatic rings. The number of phosphoric acid groups is 1. The predicted octanol–water partition coefficient (Wildman–Crippen LogP) is -0.287. The second-order valence-electron chi connectivity index (χ2n) is 1.25. The normalized spacial score (nSPS) is 15.5. The summed E-state index contributed by atoms with van der Waals surface area (Å²) in [5.41, 5.74) is 4.95. The molecule has 0 saturated carbocycles. The highest BCUT2D eigenvalue weighted by molar-refractivity contribution is 7.45. The third-order valence-corrected chi connectivity index (χ3v) is 1.54. The van der Waals surface area contributed by atoms with Crippen molar-refractivity contribution in [2.45, 2.75) is 7.43 Å². The fourth-order valence-electron chi connectivity index (χ4n) is 0.217. The van der Waals surface area contributed by atoms with Crippen LogP contribution in [0.3, 0.4) is 0 Å². The first-order valence-corrected chi connectivity index (χ1v) is 3.80. The first-order valence-electron chi connectivity index (χ1n) is 2.34. The Bertz CT molecular complexity index is 118. The van der Waals surface area contributed by atoms with Gasteiger partial charge in [-0.1, -0.05) is 7.43 Å². The van der Waals surface area contributed by atoms with Crippen molar-refractivity contribution in [2.75, 3.05) is 20.3 Å². The van der Waals surface area contributed by atoms with Gasteiger partial charge in [-0.2, -0.15) is 0 Å². The molecule has 0 aliphatic heterocycles. The number of hydrogen-bond acceptors (Lipinski definition) is 5. The lowest BCUT2D eigenvalue weighted by Gasteiger charge is -2.19. The van der Waals surface area contributed by atoms with E-state index in [1.54, 1.807) is 0 Å². The van der Waals surface area contributed by atoms with Crippen LogP contribution >= 0.6 is 7.82 Å². The Kier molecular flexibility index (Phi) is 7.41. The summed E-state index contributed by atoms with van der Waals surface area (Å²) >= 11 is 0. The molecule has 0 rings (SSSR count). The Labute approximate surface area is 60.8 Å². The maximum absolute atomic E-state index is 10.3. The third kappa shape index (κ3) is 6.19. The first kappa shape index (κ1) is 12.7. The van der Waals surface area contributed by atoms with Crippen molar-refractivity contribution in [3.05, 3.63) is 0 Å². The number of hydrogen-bond donors (Lipinski definition) is 1. The molecule has 0 aromatic carbocycles. The summed E-state index contributed by atoms with van der Waals surface area (Å²) in [6.07, 6.45) is 0. The van der Waals surface area contributed by atoms with Crippen LogP contribution in [0.4, 0.5) is 0 Å². The highest BCUT2D eigenvalue weighted by Crippen LogP contribution is 2.35. The van der Waals surface area contributed by atoms with Crippen LogP contribution in [0.15, 0.2) is 0 Å². The standard InChI is InChI=1S/C3H10NO4P.CH4/c1-7-9(5,6)8-3-2-4;/h2-4H2,1H3,(H,5,6);1H4/p-1. The van der Waals surface area contributed by atoms with E-state index in [0.29, 0.717) is 0 Å². The van der Waals surface area contributed by atoms with Crippen molar-refractivity contribution in [3.8, 4) is 0 Å². The monoisotopic (exact) mass is 170 g/mol. The van der Waals surface area contributed by atoms with E-state index >= 15 is 0 Å². The van der Waals surface area contributed by atoms with Crippen LogP contribution in [0, 0.1) is 0 Å². The number of rotatable bonds is 4. The Morgan fingerprint density at radius 1 is 1.70 bits per heavy atom. The van der Waals surface area contributed by atoms with E-state index in [2.05, 4.69) is 9.05 Å². The highest BCUT2D eigenvalue weighted by Gasteiger charge is 2.03. The van der Waals surface area contributed by atoms with Gasteiger partial charge in [-0.25, -0.2) is 0 Å². The summed E-state index contributed by atoms with van der Waals surface area (Å²) in [5, 5.41) is 0. The zero-order chi connectivity index (χ0) is 7.33. The molecule has 2 N–H and O–H groups in total. The quantitative estimate of drug-likeness (QED) is 0.586. The molecule has 0 spiro atoms. The molecule has 0 saturated heterocycles. The van der Waals surface area contributed by atoms with Crippen molar-refractivity contribution in [1.29, 1.82) is 0 Å². The van der Waals surface area contributed by atoms with Crippen LogP contribution < -0.4 is 10.6 Å². The van der Waals surface area contributed by atoms with E-state index in [1.165, 1.54) is 0 Å². The van der Waals surface area contributed by atoms with Gasteiger partial charge in [0.05, 0.1) is 6.61 Å². The molecule has 0 aromatic heterocycles. The fourth-order valence-corrected chi connectivity index (χ4v) is 0.652. The van der Waals surface area contributed by atoms with Crippen LogP contribution in [0.5, 0.6) is 0 Å². The number of phosphoric ester groups is 1. The molecule has 0 amide bonds. The minimum atomic E-state index is -4.02. The largest absolute Gasteiger partial charge is 0.756 e. The summed E-state index contributed by atoms with van der Waals surface area (Å²) < 4.78 is 18.4. The molecule has 0 radical (unpaired) electrons. The predicted molar refractivity (Wildman–Crippen MR) is 36.4 cm³/mol. The smallest absolute Gasteiger partial charge is 0.267 e. The first-order chi connectivity index (χ1) is 4.12. The van der Waals surface area contributed by atoms with Gasteiger partial charge in [0.1, 0.15) is 0 Å². The second kappa shape index (κ2) is 5.82. The molecule has 0 bridgehead atoms. The molecule has 1 atom stereocenters. The topological polar surface area (TPSA) is 84.6 Å². The van der Waals surface area contributed by atoms with Crippen LogP contribution in [-0.4, -0.2) is 20.3 Å². The molecule has 0 aliphatic rings. The Morgan fingerprint density at radius 2 is 2.20 bits per heavy atom. The molecule has 5 nitrogen and oxygen atoms in total. The van der Waals surface area contributed by atoms with Crippen molar-refractivity contribution < 1.29 is 18.5 Å². The average molecular weight is 170 g/mol. The van der Waals surface area contributed by atoms with Gasteiger partial charge in [0.2, 0.25) is 0 Å². The van der Waals surface area contributed by atoms with Gasteiger partial charge in [-0.05, 0) is 0 Å². The molecule has 0 fully saturated rings. The van der Waals surface area contributed by atoms with E-state index in [-0.39, 0.29) is 20.6 Å². The second-order valence-corrected chi connectivity index (χ2v) is 2.77. The fraction of sp³-hybridized carbons (Fsp3) is 1.00. The summed E-state index contributed by atoms with van der Waals surface area (Å²) in [4.78, 5) is 10.3. The van der Waals surface area contributed by atoms with Gasteiger partial charge in [0, 0.05) is 13.7 Å². The third-order valence-electron chi connectivity index (χ3n) is 0.591. The Balaban J connectivity index is 0. The lowest BCUT2D eigenvalue weighted by molar-refractivity contribution is -0.222. The van der Waals surface area contributed by atoms with Crippen molar-refractivity contribution in [2.24, 2.45) is 5.73 Å². The van der Waals surface area contributed by atoms with E-state index in [0.717, 1.165) is 7.11 Å². The molecule has 10 heavy (non-hydrogen) atoms. The SMILES string of the molecule is C.COP(=O)([O-])OCCN. The highest BCUT2D eigenvalue weighted by atomic mass is 31.2. The van der Waals surface area contributed by atoms with Crippen LogP contribution in [-0.2, 0) is 13.6 Å². The molecule has 1 unspecified atom stereocenters. The van der Waals surface area contributed by atoms with Crippen LogP contribution in [0.2, 0.25) is 0 Å². The van der Waals surface area contributed by atoms with Gasteiger partial charge < -0.3 is 19.7 Å². The Morgan fingerprint density at radius 3 is 2.50 bits per heavy atom. The molecular formula is C4H13NO4P-. The van der Waals surface area contributed by atoms with Crippen LogP contribution in [0.1, 0.15) is 7.43 Å². The van der Waals surface area contributed by atoms with Crippen molar-refractivity contribution in [3.63, 3.8) is 0 Å². The summed E-state index contributed by atoms with van der Waals surface area (Å²) in [6.45, 7) is 0.129. The molecule has 64 valence electrons.